The van der Waals surface area contributed by atoms with Gasteiger partial charge in [0.05, 0.1) is 0 Å². The molecule has 1 aliphatic rings. The molecular formula is C10H10O3. The van der Waals surface area contributed by atoms with Crippen molar-refractivity contribution in [1.82, 2.24) is 0 Å². The van der Waals surface area contributed by atoms with E-state index in [4.69, 9.17) is 14.6 Å². The summed E-state index contributed by atoms with van der Waals surface area (Å²) in [5.74, 6) is 0.272. The largest absolute Gasteiger partial charge is 0.508 e. The van der Waals surface area contributed by atoms with Gasteiger partial charge in [-0.25, -0.2) is 0 Å². The SMILES string of the molecule is Oc1ccc(/C=C/C2OCO2)cc1. The smallest absolute Gasteiger partial charge is 0.182 e. The molecule has 0 unspecified atom stereocenters. The molecule has 0 radical (unpaired) electrons. The molecule has 13 heavy (non-hydrogen) atoms. The summed E-state index contributed by atoms with van der Waals surface area (Å²) in [7, 11) is 0. The van der Waals surface area contributed by atoms with E-state index in [1.165, 1.54) is 0 Å². The van der Waals surface area contributed by atoms with Crippen LogP contribution in [0.1, 0.15) is 5.56 Å². The molecular weight excluding hydrogens is 168 g/mol. The fourth-order valence-electron chi connectivity index (χ4n) is 1.03. The van der Waals surface area contributed by atoms with E-state index in [2.05, 4.69) is 0 Å². The van der Waals surface area contributed by atoms with Crippen LogP contribution in [0.4, 0.5) is 0 Å². The topological polar surface area (TPSA) is 38.7 Å². The second-order valence-electron chi connectivity index (χ2n) is 2.77. The van der Waals surface area contributed by atoms with Crippen molar-refractivity contribution in [2.45, 2.75) is 6.29 Å². The lowest BCUT2D eigenvalue weighted by Gasteiger charge is -2.23. The van der Waals surface area contributed by atoms with Crippen molar-refractivity contribution in [3.05, 3.63) is 35.9 Å². The summed E-state index contributed by atoms with van der Waals surface area (Å²) in [6.45, 7) is 0.380. The molecule has 68 valence electrons. The molecule has 1 saturated heterocycles. The Morgan fingerprint density at radius 3 is 2.46 bits per heavy atom. The summed E-state index contributed by atoms with van der Waals surface area (Å²) in [6, 6.07) is 6.93. The van der Waals surface area contributed by atoms with Crippen molar-refractivity contribution in [1.29, 1.82) is 0 Å². The number of hydrogen-bond donors (Lipinski definition) is 1. The zero-order chi connectivity index (χ0) is 9.10. The third kappa shape index (κ3) is 2.08. The lowest BCUT2D eigenvalue weighted by molar-refractivity contribution is -0.295. The monoisotopic (exact) mass is 178 g/mol. The number of phenols is 1. The van der Waals surface area contributed by atoms with Crippen LogP contribution in [0, 0.1) is 0 Å². The molecule has 1 fully saturated rings. The number of benzene rings is 1. The third-order valence-electron chi connectivity index (χ3n) is 1.80. The van der Waals surface area contributed by atoms with Crippen molar-refractivity contribution in [3.8, 4) is 5.75 Å². The molecule has 1 aromatic rings. The van der Waals surface area contributed by atoms with Crippen LogP contribution in [0.3, 0.4) is 0 Å². The number of rotatable bonds is 2. The summed E-state index contributed by atoms with van der Waals surface area (Å²) in [5, 5.41) is 9.02. The van der Waals surface area contributed by atoms with Gasteiger partial charge in [-0.2, -0.15) is 0 Å². The van der Waals surface area contributed by atoms with E-state index in [0.29, 0.717) is 6.79 Å². The minimum Gasteiger partial charge on any atom is -0.508 e. The maximum absolute atomic E-state index is 9.02. The fourth-order valence-corrected chi connectivity index (χ4v) is 1.03. The highest BCUT2D eigenvalue weighted by atomic mass is 16.8. The first kappa shape index (κ1) is 8.29. The Morgan fingerprint density at radius 2 is 1.92 bits per heavy atom. The van der Waals surface area contributed by atoms with Gasteiger partial charge in [-0.3, -0.25) is 0 Å². The van der Waals surface area contributed by atoms with Gasteiger partial charge in [0.15, 0.2) is 13.1 Å². The first-order chi connectivity index (χ1) is 6.34. The van der Waals surface area contributed by atoms with Crippen LogP contribution in [0.2, 0.25) is 0 Å². The molecule has 2 rings (SSSR count). The molecule has 3 heteroatoms. The molecule has 0 amide bonds. The normalized spacial score (nSPS) is 17.5. The van der Waals surface area contributed by atoms with E-state index < -0.39 is 0 Å². The highest BCUT2D eigenvalue weighted by Gasteiger charge is 2.13. The summed E-state index contributed by atoms with van der Waals surface area (Å²) in [5.41, 5.74) is 1.01. The van der Waals surface area contributed by atoms with Crippen LogP contribution < -0.4 is 0 Å². The van der Waals surface area contributed by atoms with Gasteiger partial charge in [0.1, 0.15) is 5.75 Å². The fraction of sp³-hybridized carbons (Fsp3) is 0.200. The van der Waals surface area contributed by atoms with Crippen LogP contribution in [-0.4, -0.2) is 18.2 Å². The molecule has 1 N–H and O–H groups in total. The zero-order valence-corrected chi connectivity index (χ0v) is 7.01. The molecule has 0 saturated carbocycles. The Hall–Kier alpha value is -1.32. The Labute approximate surface area is 76.2 Å². The molecule has 0 aliphatic carbocycles. The minimum atomic E-state index is -0.200. The van der Waals surface area contributed by atoms with Gasteiger partial charge in [0.2, 0.25) is 0 Å². The Morgan fingerprint density at radius 1 is 1.23 bits per heavy atom. The maximum Gasteiger partial charge on any atom is 0.182 e. The molecule has 1 aliphatic heterocycles. The van der Waals surface area contributed by atoms with Gasteiger partial charge in [0, 0.05) is 0 Å². The third-order valence-corrected chi connectivity index (χ3v) is 1.80. The van der Waals surface area contributed by atoms with E-state index in [1.54, 1.807) is 12.1 Å². The first-order valence-electron chi connectivity index (χ1n) is 4.05. The van der Waals surface area contributed by atoms with Gasteiger partial charge in [-0.1, -0.05) is 18.2 Å². The van der Waals surface area contributed by atoms with E-state index in [0.717, 1.165) is 5.56 Å². The molecule has 0 spiro atoms. The second kappa shape index (κ2) is 3.60. The first-order valence-corrected chi connectivity index (χ1v) is 4.05. The van der Waals surface area contributed by atoms with Gasteiger partial charge in [-0.15, -0.1) is 0 Å². The van der Waals surface area contributed by atoms with Crippen molar-refractivity contribution in [3.63, 3.8) is 0 Å². The zero-order valence-electron chi connectivity index (χ0n) is 7.01. The number of phenolic OH excluding ortho intramolecular Hbond substituents is 1. The van der Waals surface area contributed by atoms with Crippen LogP contribution >= 0.6 is 0 Å². The number of ether oxygens (including phenoxy) is 2. The highest BCUT2D eigenvalue weighted by Crippen LogP contribution is 2.13. The van der Waals surface area contributed by atoms with Gasteiger partial charge >= 0.3 is 0 Å². The summed E-state index contributed by atoms with van der Waals surface area (Å²) in [6.07, 6.45) is 3.52. The molecule has 0 aromatic heterocycles. The van der Waals surface area contributed by atoms with Crippen molar-refractivity contribution < 1.29 is 14.6 Å². The van der Waals surface area contributed by atoms with Crippen molar-refractivity contribution in [2.75, 3.05) is 6.79 Å². The summed E-state index contributed by atoms with van der Waals surface area (Å²) in [4.78, 5) is 0. The molecule has 0 atom stereocenters. The Kier molecular flexibility index (Phi) is 2.29. The number of hydrogen-bond acceptors (Lipinski definition) is 3. The van der Waals surface area contributed by atoms with E-state index >= 15 is 0 Å². The lowest BCUT2D eigenvalue weighted by atomic mass is 10.2. The van der Waals surface area contributed by atoms with Gasteiger partial charge in [0.25, 0.3) is 0 Å². The highest BCUT2D eigenvalue weighted by molar-refractivity contribution is 5.50. The van der Waals surface area contributed by atoms with Crippen LogP contribution in [0.15, 0.2) is 30.3 Å². The minimum absolute atomic E-state index is 0.200. The molecule has 0 bridgehead atoms. The van der Waals surface area contributed by atoms with Crippen molar-refractivity contribution in [2.24, 2.45) is 0 Å². The van der Waals surface area contributed by atoms with Crippen molar-refractivity contribution >= 4 is 6.08 Å². The number of aromatic hydroxyl groups is 1. The van der Waals surface area contributed by atoms with Gasteiger partial charge in [-0.05, 0) is 23.8 Å². The maximum atomic E-state index is 9.02. The Bertz CT molecular complexity index is 298. The molecule has 1 heterocycles. The predicted octanol–water partition coefficient (Wildman–Crippen LogP) is 1.74. The average molecular weight is 178 g/mol. The van der Waals surface area contributed by atoms with Gasteiger partial charge < -0.3 is 14.6 Å². The van der Waals surface area contributed by atoms with Crippen LogP contribution in [0.25, 0.3) is 6.08 Å². The second-order valence-corrected chi connectivity index (χ2v) is 2.77. The Balaban J connectivity index is 2.00. The summed E-state index contributed by atoms with van der Waals surface area (Å²) < 4.78 is 10.0. The summed E-state index contributed by atoms with van der Waals surface area (Å²) >= 11 is 0. The standard InChI is InChI=1S/C10H10O3/c11-9-4-1-8(2-5-9)3-6-10-12-7-13-10/h1-6,10-11H,7H2/b6-3+. The molecule has 3 nitrogen and oxygen atoms in total. The quantitative estimate of drug-likeness (QED) is 0.749. The van der Waals surface area contributed by atoms with Crippen LogP contribution in [0.5, 0.6) is 5.75 Å². The van der Waals surface area contributed by atoms with E-state index in [1.807, 2.05) is 24.3 Å². The predicted molar refractivity (Wildman–Crippen MR) is 48.0 cm³/mol. The van der Waals surface area contributed by atoms with Crippen LogP contribution in [-0.2, 0) is 9.47 Å². The van der Waals surface area contributed by atoms with E-state index in [-0.39, 0.29) is 12.0 Å². The molecule has 1 aromatic carbocycles. The average Bonchev–Trinajstić information content (AvgIpc) is 2.05. The lowest BCUT2D eigenvalue weighted by Crippen LogP contribution is -2.27. The van der Waals surface area contributed by atoms with E-state index in [9.17, 15) is 0 Å².